The van der Waals surface area contributed by atoms with Gasteiger partial charge >= 0.3 is 5.97 Å². The second-order valence-electron chi connectivity index (χ2n) is 6.06. The number of nitriles is 1. The third-order valence-electron chi connectivity index (χ3n) is 4.00. The number of carbonyl (C=O) groups excluding carboxylic acids is 2. The highest BCUT2D eigenvalue weighted by molar-refractivity contribution is 6.10. The van der Waals surface area contributed by atoms with Gasteiger partial charge in [0, 0.05) is 17.4 Å². The van der Waals surface area contributed by atoms with Gasteiger partial charge in [-0.2, -0.15) is 10.4 Å². The van der Waals surface area contributed by atoms with E-state index >= 15 is 0 Å². The second kappa shape index (κ2) is 9.30. The van der Waals surface area contributed by atoms with Crippen molar-refractivity contribution in [2.45, 2.75) is 6.92 Å². The average molecular weight is 404 g/mol. The molecule has 0 atom stereocenters. The molecule has 0 aliphatic rings. The van der Waals surface area contributed by atoms with Crippen molar-refractivity contribution in [3.05, 3.63) is 83.4 Å². The first-order valence-corrected chi connectivity index (χ1v) is 9.02. The van der Waals surface area contributed by atoms with Gasteiger partial charge in [-0.15, -0.1) is 0 Å². The molecule has 0 aliphatic carbocycles. The molecule has 0 fully saturated rings. The molecule has 0 radical (unpaired) electrons. The van der Waals surface area contributed by atoms with E-state index in [1.165, 1.54) is 41.2 Å². The Balaban J connectivity index is 1.96. The topological polar surface area (TPSA) is 97.0 Å². The smallest absolute Gasteiger partial charge is 0.359 e. The number of aromatic nitrogens is 2. The maximum absolute atomic E-state index is 13.0. The minimum atomic E-state index is -0.702. The number of nitrogens with zero attached hydrogens (tertiary/aromatic N) is 3. The zero-order valence-corrected chi connectivity index (χ0v) is 16.0. The van der Waals surface area contributed by atoms with Crippen LogP contribution in [0.1, 0.15) is 23.0 Å². The van der Waals surface area contributed by atoms with Gasteiger partial charge in [-0.3, -0.25) is 4.79 Å². The molecule has 0 aliphatic heterocycles. The Morgan fingerprint density at radius 2 is 1.90 bits per heavy atom. The van der Waals surface area contributed by atoms with Gasteiger partial charge in [0.15, 0.2) is 5.69 Å². The molecule has 1 aromatic heterocycles. The van der Waals surface area contributed by atoms with E-state index < -0.39 is 17.7 Å². The lowest BCUT2D eigenvalue weighted by molar-refractivity contribution is -0.112. The molecule has 0 saturated carbocycles. The average Bonchev–Trinajstić information content (AvgIpc) is 3.18. The molecule has 2 aromatic carbocycles. The number of anilines is 1. The number of ether oxygens (including phenoxy) is 1. The maximum Gasteiger partial charge on any atom is 0.359 e. The van der Waals surface area contributed by atoms with E-state index in [1.807, 2.05) is 24.3 Å². The van der Waals surface area contributed by atoms with E-state index in [0.717, 1.165) is 0 Å². The predicted octanol–water partition coefficient (Wildman–Crippen LogP) is 3.73. The fourth-order valence-electron chi connectivity index (χ4n) is 2.60. The van der Waals surface area contributed by atoms with Gasteiger partial charge in [0.2, 0.25) is 0 Å². The number of para-hydroxylation sites is 1. The van der Waals surface area contributed by atoms with E-state index in [2.05, 4.69) is 10.4 Å². The third-order valence-corrected chi connectivity index (χ3v) is 4.00. The molecular weight excluding hydrogens is 387 g/mol. The van der Waals surface area contributed by atoms with Gasteiger partial charge in [0.1, 0.15) is 17.5 Å². The number of hydrogen-bond acceptors (Lipinski definition) is 5. The van der Waals surface area contributed by atoms with Gasteiger partial charge in [-0.05, 0) is 49.4 Å². The standard InChI is InChI=1S/C22H17FN4O3/c1-2-30-22(29)20-16(14-27(26-20)19-6-4-3-5-7-19)12-15(13-24)21(28)25-18-10-8-17(23)9-11-18/h3-12,14H,2H2,1H3,(H,25,28)/b15-12-. The summed E-state index contributed by atoms with van der Waals surface area (Å²) >= 11 is 0. The van der Waals surface area contributed by atoms with Crippen molar-refractivity contribution in [3.63, 3.8) is 0 Å². The Morgan fingerprint density at radius 3 is 2.53 bits per heavy atom. The molecule has 0 bridgehead atoms. The van der Waals surface area contributed by atoms with Crippen molar-refractivity contribution in [1.82, 2.24) is 9.78 Å². The summed E-state index contributed by atoms with van der Waals surface area (Å²) in [5.74, 6) is -1.82. The Hall–Kier alpha value is -4.25. The number of benzene rings is 2. The van der Waals surface area contributed by atoms with E-state index in [4.69, 9.17) is 4.74 Å². The van der Waals surface area contributed by atoms with Crippen molar-refractivity contribution >= 4 is 23.6 Å². The van der Waals surface area contributed by atoms with Gasteiger partial charge in [0.25, 0.3) is 5.91 Å². The number of esters is 1. The van der Waals surface area contributed by atoms with Crippen molar-refractivity contribution < 1.29 is 18.7 Å². The summed E-state index contributed by atoms with van der Waals surface area (Å²) in [5, 5.41) is 16.2. The van der Waals surface area contributed by atoms with Crippen LogP contribution in [0.4, 0.5) is 10.1 Å². The Bertz CT molecular complexity index is 1130. The normalized spacial score (nSPS) is 10.9. The summed E-state index contributed by atoms with van der Waals surface area (Å²) in [4.78, 5) is 24.8. The number of halogens is 1. The second-order valence-corrected chi connectivity index (χ2v) is 6.06. The van der Waals surface area contributed by atoms with E-state index in [1.54, 1.807) is 19.1 Å². The minimum absolute atomic E-state index is 0.0250. The van der Waals surface area contributed by atoms with Gasteiger partial charge in [-0.25, -0.2) is 13.9 Å². The van der Waals surface area contributed by atoms with Gasteiger partial charge < -0.3 is 10.1 Å². The van der Waals surface area contributed by atoms with Crippen LogP contribution in [0.5, 0.6) is 0 Å². The van der Waals surface area contributed by atoms with E-state index in [0.29, 0.717) is 11.4 Å². The monoisotopic (exact) mass is 404 g/mol. The van der Waals surface area contributed by atoms with Gasteiger partial charge in [-0.1, -0.05) is 18.2 Å². The lowest BCUT2D eigenvalue weighted by atomic mass is 10.1. The van der Waals surface area contributed by atoms with Crippen LogP contribution >= 0.6 is 0 Å². The summed E-state index contributed by atoms with van der Waals surface area (Å²) in [7, 11) is 0. The number of hydrogen-bond donors (Lipinski definition) is 1. The van der Waals surface area contributed by atoms with Crippen LogP contribution in [0.15, 0.2) is 66.4 Å². The number of amides is 1. The summed E-state index contributed by atoms with van der Waals surface area (Å²) < 4.78 is 19.5. The highest BCUT2D eigenvalue weighted by atomic mass is 19.1. The van der Waals surface area contributed by atoms with Crippen LogP contribution in [0.3, 0.4) is 0 Å². The fourth-order valence-corrected chi connectivity index (χ4v) is 2.60. The highest BCUT2D eigenvalue weighted by Gasteiger charge is 2.19. The molecule has 0 spiro atoms. The lowest BCUT2D eigenvalue weighted by Gasteiger charge is -2.04. The molecule has 0 saturated heterocycles. The van der Waals surface area contributed by atoms with Crippen molar-refractivity contribution in [1.29, 1.82) is 5.26 Å². The van der Waals surface area contributed by atoms with Crippen LogP contribution < -0.4 is 5.32 Å². The zero-order valence-electron chi connectivity index (χ0n) is 16.0. The highest BCUT2D eigenvalue weighted by Crippen LogP contribution is 2.18. The molecule has 30 heavy (non-hydrogen) atoms. The molecule has 7 nitrogen and oxygen atoms in total. The van der Waals surface area contributed by atoms with Crippen LogP contribution in [-0.2, 0) is 9.53 Å². The number of carbonyl (C=O) groups is 2. The molecule has 8 heteroatoms. The first kappa shape index (κ1) is 20.5. The van der Waals surface area contributed by atoms with E-state index in [-0.39, 0.29) is 23.4 Å². The Morgan fingerprint density at radius 1 is 1.20 bits per heavy atom. The SMILES string of the molecule is CCOC(=O)c1nn(-c2ccccc2)cc1/C=C(/C#N)C(=O)Nc1ccc(F)cc1. The van der Waals surface area contributed by atoms with Crippen molar-refractivity contribution in [2.24, 2.45) is 0 Å². The maximum atomic E-state index is 13.0. The van der Waals surface area contributed by atoms with Crippen LogP contribution in [0.25, 0.3) is 11.8 Å². The molecule has 3 aromatic rings. The molecule has 1 N–H and O–H groups in total. The predicted molar refractivity (Wildman–Crippen MR) is 108 cm³/mol. The molecule has 150 valence electrons. The summed E-state index contributed by atoms with van der Waals surface area (Å²) in [6.45, 7) is 1.81. The molecule has 0 unspecified atom stereocenters. The first-order valence-electron chi connectivity index (χ1n) is 9.02. The van der Waals surface area contributed by atoms with Crippen molar-refractivity contribution in [3.8, 4) is 11.8 Å². The zero-order chi connectivity index (χ0) is 21.5. The fraction of sp³-hybridized carbons (Fsp3) is 0.0909. The van der Waals surface area contributed by atoms with E-state index in [9.17, 15) is 19.2 Å². The first-order chi connectivity index (χ1) is 14.5. The van der Waals surface area contributed by atoms with Gasteiger partial charge in [0.05, 0.1) is 12.3 Å². The third kappa shape index (κ3) is 4.77. The lowest BCUT2D eigenvalue weighted by Crippen LogP contribution is -2.13. The summed E-state index contributed by atoms with van der Waals surface area (Å²) in [6, 6.07) is 16.0. The molecule has 1 amide bonds. The molecular formula is C22H17FN4O3. The largest absolute Gasteiger partial charge is 0.461 e. The quantitative estimate of drug-likeness (QED) is 0.384. The molecule has 3 rings (SSSR count). The summed E-state index contributed by atoms with van der Waals surface area (Å²) in [5.41, 5.74) is 0.994. The number of nitrogens with one attached hydrogen (secondary N) is 1. The minimum Gasteiger partial charge on any atom is -0.461 e. The van der Waals surface area contributed by atoms with Crippen LogP contribution in [0, 0.1) is 17.1 Å². The summed E-state index contributed by atoms with van der Waals surface area (Å²) in [6.07, 6.45) is 2.79. The Kier molecular flexibility index (Phi) is 6.35. The number of rotatable bonds is 6. The molecule has 1 heterocycles. The van der Waals surface area contributed by atoms with Crippen LogP contribution in [-0.4, -0.2) is 28.3 Å². The van der Waals surface area contributed by atoms with Crippen LogP contribution in [0.2, 0.25) is 0 Å². The van der Waals surface area contributed by atoms with Crippen molar-refractivity contribution in [2.75, 3.05) is 11.9 Å². The Labute approximate surface area is 172 Å².